The van der Waals surface area contributed by atoms with Gasteiger partial charge in [0.1, 0.15) is 12.4 Å². The highest BCUT2D eigenvalue weighted by Crippen LogP contribution is 2.27. The minimum absolute atomic E-state index is 0.236. The highest BCUT2D eigenvalue weighted by atomic mass is 79.9. The van der Waals surface area contributed by atoms with Crippen molar-refractivity contribution in [2.24, 2.45) is 0 Å². The zero-order valence-electron chi connectivity index (χ0n) is 10.7. The van der Waals surface area contributed by atoms with Gasteiger partial charge in [0.2, 0.25) is 0 Å². The monoisotopic (exact) mass is 324 g/mol. The van der Waals surface area contributed by atoms with Gasteiger partial charge in [-0.15, -0.1) is 0 Å². The number of aryl methyl sites for hydroxylation is 1. The van der Waals surface area contributed by atoms with Crippen LogP contribution in [0.5, 0.6) is 11.5 Å². The van der Waals surface area contributed by atoms with Gasteiger partial charge < -0.3 is 9.47 Å². The van der Waals surface area contributed by atoms with Gasteiger partial charge in [-0.3, -0.25) is 0 Å². The fourth-order valence-corrected chi connectivity index (χ4v) is 2.29. The van der Waals surface area contributed by atoms with E-state index in [9.17, 15) is 4.39 Å². The molecule has 0 aliphatic heterocycles. The number of halogens is 2. The molecular formula is C15H14BrFO2. The van der Waals surface area contributed by atoms with Crippen LogP contribution in [0.1, 0.15) is 11.1 Å². The summed E-state index contributed by atoms with van der Waals surface area (Å²) in [5, 5.41) is 0. The Morgan fingerprint density at radius 1 is 1.11 bits per heavy atom. The third-order valence-corrected chi connectivity index (χ3v) is 3.32. The van der Waals surface area contributed by atoms with E-state index in [2.05, 4.69) is 15.9 Å². The van der Waals surface area contributed by atoms with Crippen molar-refractivity contribution >= 4 is 15.9 Å². The molecule has 0 spiro atoms. The van der Waals surface area contributed by atoms with Gasteiger partial charge in [-0.2, -0.15) is 0 Å². The molecule has 0 heterocycles. The van der Waals surface area contributed by atoms with Crippen molar-refractivity contribution in [1.82, 2.24) is 0 Å². The largest absolute Gasteiger partial charge is 0.494 e. The van der Waals surface area contributed by atoms with E-state index >= 15 is 0 Å². The predicted octanol–water partition coefficient (Wildman–Crippen LogP) is 4.48. The summed E-state index contributed by atoms with van der Waals surface area (Å²) in [6, 6.07) is 10.6. The molecule has 0 bridgehead atoms. The van der Waals surface area contributed by atoms with Crippen LogP contribution in [0.2, 0.25) is 0 Å². The zero-order valence-corrected chi connectivity index (χ0v) is 12.3. The fraction of sp³-hybridized carbons (Fsp3) is 0.200. The average molecular weight is 325 g/mol. The lowest BCUT2D eigenvalue weighted by Gasteiger charge is -2.10. The summed E-state index contributed by atoms with van der Waals surface area (Å²) >= 11 is 3.44. The van der Waals surface area contributed by atoms with E-state index in [4.69, 9.17) is 9.47 Å². The van der Waals surface area contributed by atoms with E-state index in [1.807, 2.05) is 25.1 Å². The second-order valence-electron chi connectivity index (χ2n) is 4.19. The number of methoxy groups -OCH3 is 1. The fourth-order valence-electron chi connectivity index (χ4n) is 1.68. The summed E-state index contributed by atoms with van der Waals surface area (Å²) in [6.07, 6.45) is 0. The summed E-state index contributed by atoms with van der Waals surface area (Å²) in [4.78, 5) is 0. The van der Waals surface area contributed by atoms with Crippen molar-refractivity contribution < 1.29 is 13.9 Å². The van der Waals surface area contributed by atoms with Crippen LogP contribution >= 0.6 is 15.9 Å². The van der Waals surface area contributed by atoms with E-state index < -0.39 is 0 Å². The second kappa shape index (κ2) is 6.06. The molecule has 2 aromatic rings. The summed E-state index contributed by atoms with van der Waals surface area (Å²) < 4.78 is 24.9. The normalized spacial score (nSPS) is 10.3. The molecule has 0 N–H and O–H groups in total. The number of ether oxygens (including phenoxy) is 2. The van der Waals surface area contributed by atoms with E-state index in [1.54, 1.807) is 12.1 Å². The van der Waals surface area contributed by atoms with Crippen LogP contribution < -0.4 is 9.47 Å². The summed E-state index contributed by atoms with van der Waals surface area (Å²) in [7, 11) is 1.44. The highest BCUT2D eigenvalue weighted by Gasteiger charge is 2.05. The molecule has 2 rings (SSSR count). The van der Waals surface area contributed by atoms with Crippen molar-refractivity contribution in [1.29, 1.82) is 0 Å². The molecule has 19 heavy (non-hydrogen) atoms. The molecule has 0 amide bonds. The number of hydrogen-bond donors (Lipinski definition) is 0. The minimum atomic E-state index is -0.383. The van der Waals surface area contributed by atoms with Gasteiger partial charge in [0.05, 0.1) is 11.6 Å². The molecule has 0 atom stereocenters. The van der Waals surface area contributed by atoms with Crippen molar-refractivity contribution in [3.63, 3.8) is 0 Å². The van der Waals surface area contributed by atoms with Gasteiger partial charge in [0, 0.05) is 0 Å². The zero-order chi connectivity index (χ0) is 13.8. The van der Waals surface area contributed by atoms with Crippen molar-refractivity contribution in [3.8, 4) is 11.5 Å². The molecule has 2 nitrogen and oxygen atoms in total. The van der Waals surface area contributed by atoms with Crippen LogP contribution in [0.25, 0.3) is 0 Å². The van der Waals surface area contributed by atoms with Crippen molar-refractivity contribution in [2.45, 2.75) is 13.5 Å². The van der Waals surface area contributed by atoms with Crippen LogP contribution in [0.4, 0.5) is 4.39 Å². The second-order valence-corrected chi connectivity index (χ2v) is 5.05. The van der Waals surface area contributed by atoms with Crippen LogP contribution in [0.3, 0.4) is 0 Å². The first-order valence-corrected chi connectivity index (χ1v) is 6.61. The lowest BCUT2D eigenvalue weighted by Crippen LogP contribution is -1.98. The van der Waals surface area contributed by atoms with Crippen LogP contribution in [0.15, 0.2) is 40.9 Å². The molecule has 0 aliphatic rings. The molecule has 0 fully saturated rings. The van der Waals surface area contributed by atoms with Gasteiger partial charge >= 0.3 is 0 Å². The third kappa shape index (κ3) is 3.47. The summed E-state index contributed by atoms with van der Waals surface area (Å²) in [5.74, 6) is 0.591. The topological polar surface area (TPSA) is 18.5 Å². The Morgan fingerprint density at radius 3 is 2.47 bits per heavy atom. The Hall–Kier alpha value is -1.55. The average Bonchev–Trinajstić information content (AvgIpc) is 2.38. The van der Waals surface area contributed by atoms with E-state index in [-0.39, 0.29) is 11.6 Å². The molecule has 0 saturated heterocycles. The number of benzene rings is 2. The van der Waals surface area contributed by atoms with Crippen LogP contribution in [-0.2, 0) is 6.61 Å². The lowest BCUT2D eigenvalue weighted by molar-refractivity contribution is 0.302. The molecule has 100 valence electrons. The highest BCUT2D eigenvalue weighted by molar-refractivity contribution is 9.10. The molecular weight excluding hydrogens is 311 g/mol. The maximum Gasteiger partial charge on any atom is 0.165 e. The molecule has 0 aromatic heterocycles. The third-order valence-electron chi connectivity index (χ3n) is 2.70. The van der Waals surface area contributed by atoms with Gasteiger partial charge in [-0.05, 0) is 58.2 Å². The first kappa shape index (κ1) is 13.9. The maximum atomic E-state index is 13.5. The summed E-state index contributed by atoms with van der Waals surface area (Å²) in [6.45, 7) is 2.32. The Morgan fingerprint density at radius 2 is 1.84 bits per heavy atom. The number of rotatable bonds is 4. The van der Waals surface area contributed by atoms with Crippen molar-refractivity contribution in [2.75, 3.05) is 7.11 Å². The lowest BCUT2D eigenvalue weighted by atomic mass is 10.2. The van der Waals surface area contributed by atoms with Crippen molar-refractivity contribution in [3.05, 3.63) is 57.8 Å². The SMILES string of the molecule is COc1ccc(COc2ccc(C)cc2Br)cc1F. The van der Waals surface area contributed by atoms with E-state index in [1.165, 1.54) is 13.2 Å². The van der Waals surface area contributed by atoms with E-state index in [0.717, 1.165) is 21.3 Å². The van der Waals surface area contributed by atoms with Crippen LogP contribution in [0, 0.1) is 12.7 Å². The quantitative estimate of drug-likeness (QED) is 0.825. The van der Waals surface area contributed by atoms with E-state index in [0.29, 0.717) is 6.61 Å². The predicted molar refractivity (Wildman–Crippen MR) is 76.2 cm³/mol. The molecule has 0 radical (unpaired) electrons. The summed E-state index contributed by atoms with van der Waals surface area (Å²) in [5.41, 5.74) is 1.90. The van der Waals surface area contributed by atoms with Gasteiger partial charge in [-0.25, -0.2) is 4.39 Å². The molecule has 2 aromatic carbocycles. The van der Waals surface area contributed by atoms with Gasteiger partial charge in [0.25, 0.3) is 0 Å². The number of hydrogen-bond acceptors (Lipinski definition) is 2. The molecule has 0 aliphatic carbocycles. The van der Waals surface area contributed by atoms with Gasteiger partial charge in [-0.1, -0.05) is 12.1 Å². The molecule has 4 heteroatoms. The first-order chi connectivity index (χ1) is 9.10. The minimum Gasteiger partial charge on any atom is -0.494 e. The van der Waals surface area contributed by atoms with Gasteiger partial charge in [0.15, 0.2) is 11.6 Å². The standard InChI is InChI=1S/C15H14BrFO2/c1-10-3-5-14(12(16)7-10)19-9-11-4-6-15(18-2)13(17)8-11/h3-8H,9H2,1-2H3. The Labute approximate surface area is 120 Å². The Kier molecular flexibility index (Phi) is 4.43. The smallest absolute Gasteiger partial charge is 0.165 e. The molecule has 0 saturated carbocycles. The maximum absolute atomic E-state index is 13.5. The molecule has 0 unspecified atom stereocenters. The Balaban J connectivity index is 2.08. The first-order valence-electron chi connectivity index (χ1n) is 5.81. The Bertz CT molecular complexity index is 584. The van der Waals surface area contributed by atoms with Crippen LogP contribution in [-0.4, -0.2) is 7.11 Å².